The van der Waals surface area contributed by atoms with Gasteiger partial charge in [-0.3, -0.25) is 9.48 Å². The van der Waals surface area contributed by atoms with Gasteiger partial charge >= 0.3 is 0 Å². The minimum Gasteiger partial charge on any atom is -0.486 e. The Hall–Kier alpha value is -3.43. The molecule has 1 amide bonds. The summed E-state index contributed by atoms with van der Waals surface area (Å²) in [6.07, 6.45) is 0. The third kappa shape index (κ3) is 5.16. The summed E-state index contributed by atoms with van der Waals surface area (Å²) in [5.41, 5.74) is 2.76. The Morgan fingerprint density at radius 1 is 1.11 bits per heavy atom. The molecule has 0 radical (unpaired) electrons. The molecular weight excluding hydrogens is 501 g/mol. The number of aryl methyl sites for hydroxylation is 2. The molecule has 2 aromatic carbocycles. The van der Waals surface area contributed by atoms with Gasteiger partial charge in [0.1, 0.15) is 18.2 Å². The van der Waals surface area contributed by atoms with E-state index < -0.39 is 17.5 Å². The van der Waals surface area contributed by atoms with E-state index in [0.29, 0.717) is 56.6 Å². The Bertz CT molecular complexity index is 1400. The lowest BCUT2D eigenvalue weighted by Crippen LogP contribution is -2.16. The standard InChI is InChI=1S/C24H20Cl2F2N4O3/c1-12-22(13(2)32(30-12)10-16-18(25)5-4-6-19(16)26)29-24(33)23-17(14(3)35-31-23)11-34-21-8-7-15(27)9-20(21)28/h4-9H,10-11H2,1-3H3,(H,29,33). The molecule has 4 aromatic rings. The Morgan fingerprint density at radius 3 is 2.51 bits per heavy atom. The van der Waals surface area contributed by atoms with Crippen LogP contribution in [0, 0.1) is 32.4 Å². The summed E-state index contributed by atoms with van der Waals surface area (Å²) in [7, 11) is 0. The number of nitrogens with zero attached hydrogens (tertiary/aromatic N) is 3. The lowest BCUT2D eigenvalue weighted by molar-refractivity contribution is 0.101. The number of hydrogen-bond acceptors (Lipinski definition) is 5. The number of anilines is 1. The van der Waals surface area contributed by atoms with Gasteiger partial charge in [-0.2, -0.15) is 5.10 Å². The van der Waals surface area contributed by atoms with Crippen LogP contribution in [0.2, 0.25) is 10.0 Å². The maximum atomic E-state index is 13.9. The quantitative estimate of drug-likeness (QED) is 0.311. The molecule has 7 nitrogen and oxygen atoms in total. The maximum absolute atomic E-state index is 13.9. The number of ether oxygens (including phenoxy) is 1. The highest BCUT2D eigenvalue weighted by Crippen LogP contribution is 2.28. The van der Waals surface area contributed by atoms with Gasteiger partial charge in [-0.15, -0.1) is 0 Å². The zero-order valence-electron chi connectivity index (χ0n) is 19.0. The van der Waals surface area contributed by atoms with Crippen LogP contribution in [0.5, 0.6) is 5.75 Å². The van der Waals surface area contributed by atoms with Crippen LogP contribution in [0.3, 0.4) is 0 Å². The second kappa shape index (κ2) is 10.1. The number of carbonyl (C=O) groups excluding carboxylic acids is 1. The predicted octanol–water partition coefficient (Wildman–Crippen LogP) is 6.26. The Kier molecular flexibility index (Phi) is 7.09. The van der Waals surface area contributed by atoms with Crippen molar-refractivity contribution in [2.24, 2.45) is 0 Å². The highest BCUT2D eigenvalue weighted by molar-refractivity contribution is 6.36. The van der Waals surface area contributed by atoms with E-state index in [0.717, 1.165) is 6.07 Å². The monoisotopic (exact) mass is 520 g/mol. The van der Waals surface area contributed by atoms with Crippen LogP contribution in [0.4, 0.5) is 14.5 Å². The fourth-order valence-electron chi connectivity index (χ4n) is 3.52. The van der Waals surface area contributed by atoms with Crippen molar-refractivity contribution in [1.82, 2.24) is 14.9 Å². The molecule has 0 unspecified atom stereocenters. The number of benzene rings is 2. The van der Waals surface area contributed by atoms with Gasteiger partial charge in [0.2, 0.25) is 0 Å². The van der Waals surface area contributed by atoms with Crippen LogP contribution in [0.1, 0.15) is 38.8 Å². The number of halogens is 4. The van der Waals surface area contributed by atoms with E-state index in [1.165, 1.54) is 6.07 Å². The largest absolute Gasteiger partial charge is 0.486 e. The van der Waals surface area contributed by atoms with Crippen LogP contribution in [0.15, 0.2) is 40.9 Å². The molecule has 182 valence electrons. The molecule has 2 aromatic heterocycles. The molecule has 0 fully saturated rings. The molecule has 0 aliphatic rings. The molecular formula is C24H20Cl2F2N4O3. The molecule has 0 bridgehead atoms. The second-order valence-corrected chi connectivity index (χ2v) is 8.60. The Balaban J connectivity index is 1.54. The summed E-state index contributed by atoms with van der Waals surface area (Å²) < 4.78 is 39.3. The molecule has 0 aliphatic heterocycles. The van der Waals surface area contributed by atoms with Gasteiger partial charge in [0.05, 0.1) is 29.2 Å². The van der Waals surface area contributed by atoms with Gasteiger partial charge in [0, 0.05) is 21.7 Å². The van der Waals surface area contributed by atoms with Crippen molar-refractivity contribution in [2.75, 3.05) is 5.32 Å². The molecule has 1 N–H and O–H groups in total. The zero-order valence-corrected chi connectivity index (χ0v) is 20.5. The molecule has 0 atom stereocenters. The first kappa shape index (κ1) is 24.7. The minimum absolute atomic E-state index is 0.0225. The zero-order chi connectivity index (χ0) is 25.3. The van der Waals surface area contributed by atoms with E-state index in [1.54, 1.807) is 43.7 Å². The second-order valence-electron chi connectivity index (χ2n) is 7.79. The van der Waals surface area contributed by atoms with Gasteiger partial charge in [-0.05, 0) is 45.0 Å². The number of amides is 1. The average Bonchev–Trinajstić information content (AvgIpc) is 3.30. The molecule has 0 spiro atoms. The van der Waals surface area contributed by atoms with E-state index in [1.807, 2.05) is 0 Å². The molecule has 35 heavy (non-hydrogen) atoms. The van der Waals surface area contributed by atoms with Gasteiger partial charge < -0.3 is 14.6 Å². The van der Waals surface area contributed by atoms with Crippen molar-refractivity contribution in [1.29, 1.82) is 0 Å². The van der Waals surface area contributed by atoms with Crippen LogP contribution in [-0.2, 0) is 13.2 Å². The summed E-state index contributed by atoms with van der Waals surface area (Å²) >= 11 is 12.6. The lowest BCUT2D eigenvalue weighted by atomic mass is 10.2. The van der Waals surface area contributed by atoms with Gasteiger partial charge in [-0.25, -0.2) is 8.78 Å². The summed E-state index contributed by atoms with van der Waals surface area (Å²) in [6.45, 7) is 5.26. The first-order chi connectivity index (χ1) is 16.7. The van der Waals surface area contributed by atoms with Crippen LogP contribution in [-0.4, -0.2) is 20.8 Å². The molecule has 0 saturated carbocycles. The van der Waals surface area contributed by atoms with E-state index >= 15 is 0 Å². The maximum Gasteiger partial charge on any atom is 0.278 e. The average molecular weight is 521 g/mol. The van der Waals surface area contributed by atoms with Gasteiger partial charge in [0.15, 0.2) is 17.3 Å². The van der Waals surface area contributed by atoms with Crippen LogP contribution in [0.25, 0.3) is 0 Å². The number of carbonyl (C=O) groups is 1. The summed E-state index contributed by atoms with van der Waals surface area (Å²) in [5.74, 6) is -1.97. The van der Waals surface area contributed by atoms with Crippen molar-refractivity contribution in [3.05, 3.63) is 92.0 Å². The van der Waals surface area contributed by atoms with Crippen LogP contribution < -0.4 is 10.1 Å². The minimum atomic E-state index is -0.859. The third-order valence-electron chi connectivity index (χ3n) is 5.46. The topological polar surface area (TPSA) is 82.2 Å². The number of hydrogen-bond donors (Lipinski definition) is 1. The fraction of sp³-hybridized carbons (Fsp3) is 0.208. The number of nitrogens with one attached hydrogen (secondary N) is 1. The summed E-state index contributed by atoms with van der Waals surface area (Å²) in [5, 5.41) is 12.2. The van der Waals surface area contributed by atoms with Crippen LogP contribution >= 0.6 is 23.2 Å². The van der Waals surface area contributed by atoms with E-state index in [4.69, 9.17) is 32.5 Å². The van der Waals surface area contributed by atoms with Gasteiger partial charge in [-0.1, -0.05) is 34.4 Å². The number of rotatable bonds is 7. The molecule has 11 heteroatoms. The normalized spacial score (nSPS) is 11.1. The molecule has 2 heterocycles. The smallest absolute Gasteiger partial charge is 0.278 e. The van der Waals surface area contributed by atoms with Crippen molar-refractivity contribution < 1.29 is 22.8 Å². The van der Waals surface area contributed by atoms with Gasteiger partial charge in [0.25, 0.3) is 5.91 Å². The summed E-state index contributed by atoms with van der Waals surface area (Å²) in [6, 6.07) is 8.19. The van der Waals surface area contributed by atoms with Crippen molar-refractivity contribution in [3.63, 3.8) is 0 Å². The lowest BCUT2D eigenvalue weighted by Gasteiger charge is -2.10. The SMILES string of the molecule is Cc1nn(Cc2c(Cl)cccc2Cl)c(C)c1NC(=O)c1noc(C)c1COc1ccc(F)cc1F. The Morgan fingerprint density at radius 2 is 1.83 bits per heavy atom. The highest BCUT2D eigenvalue weighted by Gasteiger charge is 2.24. The summed E-state index contributed by atoms with van der Waals surface area (Å²) in [4.78, 5) is 13.1. The van der Waals surface area contributed by atoms with E-state index in [-0.39, 0.29) is 18.1 Å². The highest BCUT2D eigenvalue weighted by atomic mass is 35.5. The van der Waals surface area contributed by atoms with Crippen molar-refractivity contribution in [2.45, 2.75) is 33.9 Å². The number of aromatic nitrogens is 3. The first-order valence-corrected chi connectivity index (χ1v) is 11.2. The Labute approximate surface area is 209 Å². The van der Waals surface area contributed by atoms with Crippen molar-refractivity contribution in [3.8, 4) is 5.75 Å². The van der Waals surface area contributed by atoms with E-state index in [2.05, 4.69) is 15.6 Å². The van der Waals surface area contributed by atoms with E-state index in [9.17, 15) is 13.6 Å². The molecule has 4 rings (SSSR count). The van der Waals surface area contributed by atoms with Crippen molar-refractivity contribution >= 4 is 34.8 Å². The predicted molar refractivity (Wildman–Crippen MR) is 127 cm³/mol. The molecule has 0 aliphatic carbocycles. The fourth-order valence-corrected chi connectivity index (χ4v) is 4.04. The molecule has 0 saturated heterocycles. The first-order valence-electron chi connectivity index (χ1n) is 10.5. The third-order valence-corrected chi connectivity index (χ3v) is 6.16.